The molecule has 2 aromatic rings. The fourth-order valence-corrected chi connectivity index (χ4v) is 3.48. The number of imidazole rings is 1. The van der Waals surface area contributed by atoms with Crippen LogP contribution in [0, 0.1) is 12.3 Å². The molecule has 1 aromatic heterocycles. The highest BCUT2D eigenvalue weighted by atomic mass is 79.9. The molecule has 0 radical (unpaired) electrons. The van der Waals surface area contributed by atoms with E-state index < -0.39 is 0 Å². The van der Waals surface area contributed by atoms with Crippen LogP contribution < -0.4 is 5.73 Å². The van der Waals surface area contributed by atoms with Crippen LogP contribution in [0.25, 0.3) is 11.3 Å². The minimum absolute atomic E-state index is 0.485. The minimum Gasteiger partial charge on any atom is -0.383 e. The van der Waals surface area contributed by atoms with Crippen LogP contribution in [0.3, 0.4) is 0 Å². The Bertz CT molecular complexity index is 691. The van der Waals surface area contributed by atoms with Crippen molar-refractivity contribution in [3.63, 3.8) is 0 Å². The first kappa shape index (κ1) is 14.2. The zero-order valence-electron chi connectivity index (χ0n) is 11.8. The van der Waals surface area contributed by atoms with E-state index in [0.29, 0.717) is 18.3 Å². The molecule has 1 fully saturated rings. The van der Waals surface area contributed by atoms with Crippen molar-refractivity contribution >= 4 is 21.7 Å². The molecule has 1 saturated carbocycles. The maximum atomic E-state index is 6.33. The van der Waals surface area contributed by atoms with Crippen LogP contribution >= 0.6 is 15.9 Å². The molecule has 0 spiro atoms. The molecule has 4 heteroatoms. The number of aromatic nitrogens is 2. The zero-order chi connectivity index (χ0) is 14.8. The number of hydrogen-bond donors (Lipinski definition) is 1. The molecule has 0 aliphatic heterocycles. The summed E-state index contributed by atoms with van der Waals surface area (Å²) in [7, 11) is 0. The van der Waals surface area contributed by atoms with Crippen LogP contribution in [0.4, 0.5) is 5.82 Å². The normalized spacial score (nSPS) is 15.2. The second-order valence-corrected chi connectivity index (χ2v) is 6.40. The third kappa shape index (κ3) is 2.71. The summed E-state index contributed by atoms with van der Waals surface area (Å²) >= 11 is 3.50. The highest BCUT2D eigenvalue weighted by molar-refractivity contribution is 9.10. The summed E-state index contributed by atoms with van der Waals surface area (Å²) in [6.45, 7) is 0.485. The average Bonchev–Trinajstić information content (AvgIpc) is 3.09. The predicted octanol–water partition coefficient (Wildman–Crippen LogP) is 4.19. The van der Waals surface area contributed by atoms with E-state index >= 15 is 0 Å². The molecular formula is C17H18BrN3. The van der Waals surface area contributed by atoms with Gasteiger partial charge in [0.25, 0.3) is 0 Å². The zero-order valence-corrected chi connectivity index (χ0v) is 13.4. The summed E-state index contributed by atoms with van der Waals surface area (Å²) in [5, 5.41) is 0. The van der Waals surface area contributed by atoms with Crippen molar-refractivity contribution < 1.29 is 0 Å². The molecule has 1 aromatic carbocycles. The number of nitrogens with two attached hydrogens (primary N) is 1. The molecule has 3 nitrogen and oxygen atoms in total. The molecule has 3 rings (SSSR count). The molecule has 108 valence electrons. The Morgan fingerprint density at radius 2 is 2.14 bits per heavy atom. The standard InChI is InChI=1S/C17H18BrN3/c1-2-10-21-16(19)15(13-8-5-9-14(18)11-13)20-17(21)12-6-3-4-7-12/h1,5,8-9,11-12H,3-4,6-7,10,19H2. The Balaban J connectivity index is 2.09. The van der Waals surface area contributed by atoms with Crippen molar-refractivity contribution in [2.45, 2.75) is 38.1 Å². The Morgan fingerprint density at radius 3 is 2.81 bits per heavy atom. The van der Waals surface area contributed by atoms with Gasteiger partial charge in [-0.3, -0.25) is 0 Å². The van der Waals surface area contributed by atoms with E-state index in [1.807, 2.05) is 28.8 Å². The summed E-state index contributed by atoms with van der Waals surface area (Å²) in [5.74, 6) is 4.91. The number of rotatable bonds is 3. The molecule has 21 heavy (non-hydrogen) atoms. The highest BCUT2D eigenvalue weighted by Crippen LogP contribution is 2.37. The lowest BCUT2D eigenvalue weighted by Gasteiger charge is -2.11. The van der Waals surface area contributed by atoms with Crippen molar-refractivity contribution in [1.82, 2.24) is 9.55 Å². The molecule has 0 amide bonds. The van der Waals surface area contributed by atoms with Gasteiger partial charge in [-0.05, 0) is 25.0 Å². The van der Waals surface area contributed by atoms with Crippen LogP contribution in [0.2, 0.25) is 0 Å². The number of terminal acetylenes is 1. The number of hydrogen-bond acceptors (Lipinski definition) is 2. The molecule has 0 bridgehead atoms. The number of anilines is 1. The van der Waals surface area contributed by atoms with Gasteiger partial charge in [-0.1, -0.05) is 46.8 Å². The first-order valence-corrected chi connectivity index (χ1v) is 8.05. The van der Waals surface area contributed by atoms with E-state index in [1.54, 1.807) is 0 Å². The first-order chi connectivity index (χ1) is 10.2. The molecule has 0 unspecified atom stereocenters. The third-order valence-electron chi connectivity index (χ3n) is 4.10. The van der Waals surface area contributed by atoms with Crippen molar-refractivity contribution in [3.05, 3.63) is 34.6 Å². The maximum absolute atomic E-state index is 6.33. The van der Waals surface area contributed by atoms with Gasteiger partial charge in [0.1, 0.15) is 17.3 Å². The van der Waals surface area contributed by atoms with Gasteiger partial charge in [-0.2, -0.15) is 0 Å². The lowest BCUT2D eigenvalue weighted by Crippen LogP contribution is -2.09. The van der Waals surface area contributed by atoms with Crippen LogP contribution in [-0.2, 0) is 6.54 Å². The highest BCUT2D eigenvalue weighted by Gasteiger charge is 2.25. The molecule has 2 N–H and O–H groups in total. The Kier molecular flexibility index (Phi) is 4.03. The smallest absolute Gasteiger partial charge is 0.132 e. The number of nitrogen functional groups attached to an aromatic ring is 1. The summed E-state index contributed by atoms with van der Waals surface area (Å²) in [4.78, 5) is 4.84. The number of nitrogens with zero attached hydrogens (tertiary/aromatic N) is 2. The quantitative estimate of drug-likeness (QED) is 0.849. The molecule has 1 aliphatic rings. The largest absolute Gasteiger partial charge is 0.383 e. The van der Waals surface area contributed by atoms with Crippen LogP contribution in [-0.4, -0.2) is 9.55 Å². The lowest BCUT2D eigenvalue weighted by molar-refractivity contribution is 0.622. The topological polar surface area (TPSA) is 43.8 Å². The van der Waals surface area contributed by atoms with Crippen molar-refractivity contribution in [3.8, 4) is 23.6 Å². The minimum atomic E-state index is 0.485. The summed E-state index contributed by atoms with van der Waals surface area (Å²) < 4.78 is 3.03. The van der Waals surface area contributed by atoms with Gasteiger partial charge in [0.15, 0.2) is 0 Å². The Morgan fingerprint density at radius 1 is 1.38 bits per heavy atom. The molecule has 0 atom stereocenters. The fourth-order valence-electron chi connectivity index (χ4n) is 3.08. The number of halogens is 1. The summed E-state index contributed by atoms with van der Waals surface area (Å²) in [6, 6.07) is 8.06. The molecular weight excluding hydrogens is 326 g/mol. The monoisotopic (exact) mass is 343 g/mol. The van der Waals surface area contributed by atoms with E-state index in [9.17, 15) is 0 Å². The maximum Gasteiger partial charge on any atom is 0.132 e. The predicted molar refractivity (Wildman–Crippen MR) is 89.8 cm³/mol. The van der Waals surface area contributed by atoms with Gasteiger partial charge >= 0.3 is 0 Å². The van der Waals surface area contributed by atoms with Crippen LogP contribution in [0.15, 0.2) is 28.7 Å². The van der Waals surface area contributed by atoms with Crippen LogP contribution in [0.5, 0.6) is 0 Å². The van der Waals surface area contributed by atoms with Crippen LogP contribution in [0.1, 0.15) is 37.4 Å². The van der Waals surface area contributed by atoms with Gasteiger partial charge in [0.2, 0.25) is 0 Å². The summed E-state index contributed by atoms with van der Waals surface area (Å²) in [6.07, 6.45) is 10.4. The van der Waals surface area contributed by atoms with E-state index in [2.05, 4.69) is 21.9 Å². The van der Waals surface area contributed by atoms with Gasteiger partial charge < -0.3 is 10.3 Å². The first-order valence-electron chi connectivity index (χ1n) is 7.26. The fraction of sp³-hybridized carbons (Fsp3) is 0.353. The van der Waals surface area contributed by atoms with Crippen molar-refractivity contribution in [2.75, 3.05) is 5.73 Å². The Labute approximate surface area is 133 Å². The molecule has 0 saturated heterocycles. The van der Waals surface area contributed by atoms with E-state index in [-0.39, 0.29) is 0 Å². The van der Waals surface area contributed by atoms with Gasteiger partial charge in [0, 0.05) is 16.0 Å². The Hall–Kier alpha value is -1.73. The van der Waals surface area contributed by atoms with Crippen molar-refractivity contribution in [1.29, 1.82) is 0 Å². The van der Waals surface area contributed by atoms with Crippen molar-refractivity contribution in [2.24, 2.45) is 0 Å². The molecule has 1 heterocycles. The van der Waals surface area contributed by atoms with E-state index in [1.165, 1.54) is 25.7 Å². The second kappa shape index (κ2) is 5.95. The van der Waals surface area contributed by atoms with Gasteiger partial charge in [-0.25, -0.2) is 4.98 Å². The summed E-state index contributed by atoms with van der Waals surface area (Å²) in [5.41, 5.74) is 8.20. The third-order valence-corrected chi connectivity index (χ3v) is 4.60. The molecule has 1 aliphatic carbocycles. The van der Waals surface area contributed by atoms with Gasteiger partial charge in [-0.15, -0.1) is 6.42 Å². The second-order valence-electron chi connectivity index (χ2n) is 5.49. The van der Waals surface area contributed by atoms with E-state index in [4.69, 9.17) is 17.1 Å². The van der Waals surface area contributed by atoms with E-state index in [0.717, 1.165) is 21.6 Å². The average molecular weight is 344 g/mol. The van der Waals surface area contributed by atoms with Gasteiger partial charge in [0.05, 0.1) is 6.54 Å². The SMILES string of the molecule is C#CCn1c(C2CCCC2)nc(-c2cccc(Br)c2)c1N. The number of benzene rings is 1. The lowest BCUT2D eigenvalue weighted by atomic mass is 10.1.